The molecular formula is C17H20ClN3O3S2. The van der Waals surface area contributed by atoms with E-state index < -0.39 is 10.0 Å². The number of carbonyl (C=O) groups excluding carboxylic acids is 1. The highest BCUT2D eigenvalue weighted by molar-refractivity contribution is 7.93. The maximum absolute atomic E-state index is 12.8. The minimum atomic E-state index is -3.78. The lowest BCUT2D eigenvalue weighted by molar-refractivity contribution is 0.0687. The Bertz CT molecular complexity index is 910. The number of aromatic nitrogens is 1. The van der Waals surface area contributed by atoms with E-state index in [2.05, 4.69) is 16.6 Å². The van der Waals surface area contributed by atoms with E-state index in [9.17, 15) is 13.2 Å². The predicted octanol–water partition coefficient (Wildman–Crippen LogP) is 3.78. The van der Waals surface area contributed by atoms with Gasteiger partial charge in [-0.2, -0.15) is 0 Å². The molecule has 1 aliphatic rings. The third-order valence-corrected chi connectivity index (χ3v) is 7.08. The zero-order valence-electron chi connectivity index (χ0n) is 14.5. The summed E-state index contributed by atoms with van der Waals surface area (Å²) in [5.41, 5.74) is 0.534. The molecule has 6 nitrogen and oxygen atoms in total. The number of piperidine rings is 1. The highest BCUT2D eigenvalue weighted by Gasteiger charge is 2.26. The number of hydrogen-bond donors (Lipinski definition) is 1. The number of nitrogens with zero attached hydrogens (tertiary/aromatic N) is 2. The summed E-state index contributed by atoms with van der Waals surface area (Å²) in [6.45, 7) is 5.30. The fraction of sp³-hybridized carbons (Fsp3) is 0.412. The molecule has 1 amide bonds. The first-order valence-corrected chi connectivity index (χ1v) is 11.0. The molecule has 1 aromatic carbocycles. The van der Waals surface area contributed by atoms with Crippen LogP contribution in [-0.2, 0) is 10.0 Å². The Labute approximate surface area is 162 Å². The molecule has 0 radical (unpaired) electrons. The smallest absolute Gasteiger partial charge is 0.265 e. The van der Waals surface area contributed by atoms with Gasteiger partial charge in [0.15, 0.2) is 5.13 Å². The first kappa shape index (κ1) is 19.1. The van der Waals surface area contributed by atoms with E-state index in [-0.39, 0.29) is 15.9 Å². The van der Waals surface area contributed by atoms with Crippen molar-refractivity contribution in [3.05, 3.63) is 39.9 Å². The zero-order chi connectivity index (χ0) is 18.9. The zero-order valence-corrected chi connectivity index (χ0v) is 16.9. The van der Waals surface area contributed by atoms with Crippen LogP contribution in [0.4, 0.5) is 5.13 Å². The molecular weight excluding hydrogens is 394 g/mol. The number of benzene rings is 1. The highest BCUT2D eigenvalue weighted by Crippen LogP contribution is 2.28. The Morgan fingerprint density at radius 2 is 2.04 bits per heavy atom. The van der Waals surface area contributed by atoms with Crippen LogP contribution in [0.15, 0.2) is 29.2 Å². The van der Waals surface area contributed by atoms with Crippen LogP contribution in [0.2, 0.25) is 5.02 Å². The van der Waals surface area contributed by atoms with Crippen LogP contribution in [0.25, 0.3) is 0 Å². The number of hydrogen-bond acceptors (Lipinski definition) is 5. The Morgan fingerprint density at radius 3 is 2.69 bits per heavy atom. The first-order valence-electron chi connectivity index (χ1n) is 8.31. The van der Waals surface area contributed by atoms with Crippen molar-refractivity contribution in [3.8, 4) is 0 Å². The fourth-order valence-corrected chi connectivity index (χ4v) is 5.24. The SMILES string of the molecule is Cc1nc(NS(=O)(=O)c2ccc(Cl)cc2)sc1C(=O)N1CCCC(C)C1. The maximum Gasteiger partial charge on any atom is 0.265 e. The van der Waals surface area contributed by atoms with Gasteiger partial charge in [-0.15, -0.1) is 0 Å². The molecule has 140 valence electrons. The third-order valence-electron chi connectivity index (χ3n) is 4.28. The molecule has 26 heavy (non-hydrogen) atoms. The summed E-state index contributed by atoms with van der Waals surface area (Å²) in [6.07, 6.45) is 2.11. The number of halogens is 1. The second kappa shape index (κ2) is 7.54. The van der Waals surface area contributed by atoms with Gasteiger partial charge in [0.05, 0.1) is 10.6 Å². The lowest BCUT2D eigenvalue weighted by Crippen LogP contribution is -2.39. The number of rotatable bonds is 4. The minimum Gasteiger partial charge on any atom is -0.338 e. The van der Waals surface area contributed by atoms with Gasteiger partial charge < -0.3 is 4.90 Å². The van der Waals surface area contributed by atoms with Crippen LogP contribution in [0.5, 0.6) is 0 Å². The van der Waals surface area contributed by atoms with E-state index in [1.54, 1.807) is 6.92 Å². The van der Waals surface area contributed by atoms with E-state index in [1.807, 2.05) is 4.90 Å². The van der Waals surface area contributed by atoms with Gasteiger partial charge in [0.1, 0.15) is 4.88 Å². The van der Waals surface area contributed by atoms with Gasteiger partial charge in [-0.25, -0.2) is 13.4 Å². The molecule has 0 spiro atoms. The van der Waals surface area contributed by atoms with Gasteiger partial charge in [0, 0.05) is 18.1 Å². The van der Waals surface area contributed by atoms with E-state index in [1.165, 1.54) is 24.3 Å². The monoisotopic (exact) mass is 413 g/mol. The molecule has 9 heteroatoms. The summed E-state index contributed by atoms with van der Waals surface area (Å²) in [5, 5.41) is 0.642. The van der Waals surface area contributed by atoms with Crippen molar-refractivity contribution >= 4 is 44.0 Å². The van der Waals surface area contributed by atoms with Gasteiger partial charge in [-0.1, -0.05) is 29.9 Å². The van der Waals surface area contributed by atoms with Crippen molar-refractivity contribution in [1.82, 2.24) is 9.88 Å². The number of sulfonamides is 1. The van der Waals surface area contributed by atoms with Crippen LogP contribution in [-0.4, -0.2) is 37.3 Å². The summed E-state index contributed by atoms with van der Waals surface area (Å²) in [5.74, 6) is 0.396. The molecule has 0 bridgehead atoms. The Morgan fingerprint density at radius 1 is 1.35 bits per heavy atom. The topological polar surface area (TPSA) is 79.4 Å². The van der Waals surface area contributed by atoms with Gasteiger partial charge in [0.25, 0.3) is 15.9 Å². The Balaban J connectivity index is 1.79. The number of anilines is 1. The molecule has 3 rings (SSSR count). The molecule has 1 atom stereocenters. The fourth-order valence-electron chi connectivity index (χ4n) is 2.94. The van der Waals surface area contributed by atoms with Crippen molar-refractivity contribution in [2.45, 2.75) is 31.6 Å². The molecule has 1 aromatic heterocycles. The van der Waals surface area contributed by atoms with Crippen LogP contribution in [0, 0.1) is 12.8 Å². The van der Waals surface area contributed by atoms with Gasteiger partial charge in [-0.05, 0) is 49.9 Å². The number of amides is 1. The van der Waals surface area contributed by atoms with E-state index in [0.717, 1.165) is 37.3 Å². The summed E-state index contributed by atoms with van der Waals surface area (Å²) in [7, 11) is -3.78. The van der Waals surface area contributed by atoms with Crippen LogP contribution < -0.4 is 4.72 Å². The number of likely N-dealkylation sites (tertiary alicyclic amines) is 1. The lowest BCUT2D eigenvalue weighted by Gasteiger charge is -2.30. The van der Waals surface area contributed by atoms with Crippen molar-refractivity contribution in [3.63, 3.8) is 0 Å². The Kier molecular flexibility index (Phi) is 5.55. The molecule has 1 fully saturated rings. The standard InChI is InChI=1S/C17H20ClN3O3S2/c1-11-4-3-9-21(10-11)16(22)15-12(2)19-17(25-15)20-26(23,24)14-7-5-13(18)6-8-14/h5-8,11H,3-4,9-10H2,1-2H3,(H,19,20). The normalized spacial score (nSPS) is 18.0. The highest BCUT2D eigenvalue weighted by atomic mass is 35.5. The minimum absolute atomic E-state index is 0.0801. The van der Waals surface area contributed by atoms with Crippen LogP contribution >= 0.6 is 22.9 Å². The largest absolute Gasteiger partial charge is 0.338 e. The molecule has 2 heterocycles. The summed E-state index contributed by atoms with van der Waals surface area (Å²) in [6, 6.07) is 5.87. The predicted molar refractivity (Wildman–Crippen MR) is 103 cm³/mol. The maximum atomic E-state index is 12.8. The second-order valence-electron chi connectivity index (χ2n) is 6.49. The van der Waals surface area contributed by atoms with Crippen molar-refractivity contribution < 1.29 is 13.2 Å². The van der Waals surface area contributed by atoms with Crippen molar-refractivity contribution in [2.75, 3.05) is 17.8 Å². The number of carbonyl (C=O) groups is 1. The number of aryl methyl sites for hydroxylation is 1. The number of nitrogens with one attached hydrogen (secondary N) is 1. The van der Waals surface area contributed by atoms with Gasteiger partial charge in [-0.3, -0.25) is 9.52 Å². The molecule has 1 saturated heterocycles. The van der Waals surface area contributed by atoms with Crippen molar-refractivity contribution in [2.24, 2.45) is 5.92 Å². The molecule has 0 saturated carbocycles. The second-order valence-corrected chi connectivity index (χ2v) is 9.61. The van der Waals surface area contributed by atoms with Gasteiger partial charge in [0.2, 0.25) is 0 Å². The quantitative estimate of drug-likeness (QED) is 0.827. The van der Waals surface area contributed by atoms with Crippen molar-refractivity contribution in [1.29, 1.82) is 0 Å². The van der Waals surface area contributed by atoms with E-state index >= 15 is 0 Å². The molecule has 1 unspecified atom stereocenters. The molecule has 1 aliphatic heterocycles. The lowest BCUT2D eigenvalue weighted by atomic mass is 10.0. The summed E-state index contributed by atoms with van der Waals surface area (Å²) >= 11 is 6.87. The van der Waals surface area contributed by atoms with Crippen LogP contribution in [0.1, 0.15) is 35.1 Å². The average molecular weight is 414 g/mol. The van der Waals surface area contributed by atoms with Crippen LogP contribution in [0.3, 0.4) is 0 Å². The van der Waals surface area contributed by atoms with E-state index in [0.29, 0.717) is 21.5 Å². The third kappa shape index (κ3) is 4.19. The van der Waals surface area contributed by atoms with E-state index in [4.69, 9.17) is 11.6 Å². The van der Waals surface area contributed by atoms with Gasteiger partial charge >= 0.3 is 0 Å². The summed E-state index contributed by atoms with van der Waals surface area (Å²) in [4.78, 5) is 19.4. The molecule has 1 N–H and O–H groups in total. The Hall–Kier alpha value is -1.64. The number of thiazole rings is 1. The molecule has 0 aliphatic carbocycles. The first-order chi connectivity index (χ1) is 12.3. The average Bonchev–Trinajstić information content (AvgIpc) is 2.94. The summed E-state index contributed by atoms with van der Waals surface area (Å²) < 4.78 is 27.4. The molecule has 2 aromatic rings.